The van der Waals surface area contributed by atoms with E-state index >= 15 is 0 Å². The molecule has 1 aliphatic rings. The number of hydrogen-bond donors (Lipinski definition) is 6. The Kier molecular flexibility index (Phi) is 16.7. The first-order chi connectivity index (χ1) is 22.8. The molecule has 17 nitrogen and oxygen atoms in total. The molecule has 6 amide bonds. The van der Waals surface area contributed by atoms with Gasteiger partial charge in [0, 0.05) is 55.7 Å². The molecule has 1 aliphatic heterocycles. The third kappa shape index (κ3) is 13.8. The maximum Gasteiger partial charge on any atom is 0.312 e. The highest BCUT2D eigenvalue weighted by molar-refractivity contribution is 5.98. The van der Waals surface area contributed by atoms with E-state index in [2.05, 4.69) is 31.3 Å². The monoisotopic (exact) mass is 672 g/mol. The molecule has 0 aromatic heterocycles. The molecular formula is C31H48N10O7. The van der Waals surface area contributed by atoms with Crippen LogP contribution in [0.1, 0.15) is 57.9 Å². The minimum Gasteiger partial charge on any atom is -0.469 e. The Morgan fingerprint density at radius 1 is 1.04 bits per heavy atom. The van der Waals surface area contributed by atoms with Crippen LogP contribution >= 0.6 is 0 Å². The van der Waals surface area contributed by atoms with Gasteiger partial charge in [-0.05, 0) is 61.2 Å². The van der Waals surface area contributed by atoms with E-state index in [9.17, 15) is 28.8 Å². The number of rotatable bonds is 18. The van der Waals surface area contributed by atoms with Crippen molar-refractivity contribution >= 4 is 41.3 Å². The second-order valence-corrected chi connectivity index (χ2v) is 12.0. The summed E-state index contributed by atoms with van der Waals surface area (Å²) in [5, 5.41) is 14.1. The molecule has 0 saturated carbocycles. The van der Waals surface area contributed by atoms with E-state index in [0.29, 0.717) is 44.5 Å². The molecule has 17 heteroatoms. The van der Waals surface area contributed by atoms with Gasteiger partial charge in [0.25, 0.3) is 0 Å². The van der Waals surface area contributed by atoms with E-state index in [4.69, 9.17) is 21.7 Å². The number of amides is 6. The molecule has 8 N–H and O–H groups in total. The van der Waals surface area contributed by atoms with E-state index < -0.39 is 35.8 Å². The standard InChI is InChI=1S/C31H48N10O7/c1-19(2)27(39-25(42)10-11-26(43)41-15-12-21(13-16-41)30(46)48-3)29(45)38-24(5-4-14-35-31(33)47)28(44)37-23-8-6-20(7-9-23)17-22(32)18-36-40-34/h6-9,19,21-22,24,27H,4-5,10-18,32H2,1-3H3,(H,37,44)(H,38,45)(H,39,42)(H3,33,35,47)/t22-,24-,27-/m0/s1. The van der Waals surface area contributed by atoms with Crippen LogP contribution in [-0.2, 0) is 35.1 Å². The molecule has 0 aliphatic carbocycles. The summed E-state index contributed by atoms with van der Waals surface area (Å²) in [5.41, 5.74) is 20.9. The number of hydrogen-bond acceptors (Lipinski definition) is 9. The summed E-state index contributed by atoms with van der Waals surface area (Å²) in [7, 11) is 1.33. The van der Waals surface area contributed by atoms with Crippen molar-refractivity contribution in [2.24, 2.45) is 28.4 Å². The van der Waals surface area contributed by atoms with Gasteiger partial charge in [-0.25, -0.2) is 4.79 Å². The predicted octanol–water partition coefficient (Wildman–Crippen LogP) is 1.07. The molecule has 1 saturated heterocycles. The largest absolute Gasteiger partial charge is 0.469 e. The number of urea groups is 1. The smallest absolute Gasteiger partial charge is 0.312 e. The van der Waals surface area contributed by atoms with Crippen molar-refractivity contribution < 1.29 is 33.5 Å². The van der Waals surface area contributed by atoms with Crippen LogP contribution in [0.15, 0.2) is 29.4 Å². The van der Waals surface area contributed by atoms with Gasteiger partial charge in [0.1, 0.15) is 12.1 Å². The predicted molar refractivity (Wildman–Crippen MR) is 177 cm³/mol. The molecule has 3 atom stereocenters. The van der Waals surface area contributed by atoms with Crippen LogP contribution in [0.4, 0.5) is 10.5 Å². The van der Waals surface area contributed by atoms with Crippen molar-refractivity contribution in [1.29, 1.82) is 0 Å². The first-order valence-corrected chi connectivity index (χ1v) is 16.0. The first kappa shape index (κ1) is 39.3. The number of esters is 1. The average Bonchev–Trinajstić information content (AvgIpc) is 3.06. The van der Waals surface area contributed by atoms with Crippen LogP contribution in [0.3, 0.4) is 0 Å². The number of anilines is 1. The molecule has 0 spiro atoms. The van der Waals surface area contributed by atoms with Gasteiger partial charge in [-0.2, -0.15) is 0 Å². The fourth-order valence-corrected chi connectivity index (χ4v) is 5.20. The van der Waals surface area contributed by atoms with Crippen LogP contribution < -0.4 is 32.7 Å². The maximum atomic E-state index is 13.4. The summed E-state index contributed by atoms with van der Waals surface area (Å²) in [6, 6.07) is 3.83. The summed E-state index contributed by atoms with van der Waals surface area (Å²) in [4.78, 5) is 79.4. The lowest BCUT2D eigenvalue weighted by Gasteiger charge is -2.30. The zero-order valence-electron chi connectivity index (χ0n) is 27.8. The Bertz CT molecular complexity index is 1310. The number of carbonyl (C=O) groups excluding carboxylic acids is 6. The van der Waals surface area contributed by atoms with Gasteiger partial charge in [0.05, 0.1) is 13.0 Å². The lowest BCUT2D eigenvalue weighted by molar-refractivity contribution is -0.149. The Hall–Kier alpha value is -4.89. The molecular weight excluding hydrogens is 624 g/mol. The quantitative estimate of drug-likeness (QED) is 0.0431. The summed E-state index contributed by atoms with van der Waals surface area (Å²) >= 11 is 0. The summed E-state index contributed by atoms with van der Waals surface area (Å²) in [6.07, 6.45) is 1.73. The Balaban J connectivity index is 1.99. The highest BCUT2D eigenvalue weighted by atomic mass is 16.5. The Morgan fingerprint density at radius 3 is 2.29 bits per heavy atom. The average molecular weight is 673 g/mol. The fraction of sp³-hybridized carbons (Fsp3) is 0.613. The van der Waals surface area contributed by atoms with Crippen LogP contribution in [0.5, 0.6) is 0 Å². The topological polar surface area (TPSA) is 264 Å². The number of nitrogens with two attached hydrogens (primary N) is 2. The molecule has 1 aromatic carbocycles. The summed E-state index contributed by atoms with van der Waals surface area (Å²) < 4.78 is 4.78. The minimum absolute atomic E-state index is 0.0580. The van der Waals surface area contributed by atoms with Crippen LogP contribution in [0, 0.1) is 11.8 Å². The first-order valence-electron chi connectivity index (χ1n) is 16.0. The summed E-state index contributed by atoms with van der Waals surface area (Å²) in [5.74, 6) is -2.69. The zero-order chi connectivity index (χ0) is 35.6. The summed E-state index contributed by atoms with van der Waals surface area (Å²) in [6.45, 7) is 4.61. The normalized spacial score (nSPS) is 14.9. The molecule has 1 aromatic rings. The van der Waals surface area contributed by atoms with Crippen molar-refractivity contribution in [1.82, 2.24) is 20.9 Å². The molecule has 1 fully saturated rings. The highest BCUT2D eigenvalue weighted by Crippen LogP contribution is 2.19. The highest BCUT2D eigenvalue weighted by Gasteiger charge is 2.30. The molecule has 0 unspecified atom stereocenters. The number of azide groups is 1. The van der Waals surface area contributed by atoms with Crippen molar-refractivity contribution in [2.75, 3.05) is 38.6 Å². The van der Waals surface area contributed by atoms with Gasteiger partial charge in [-0.15, -0.1) is 0 Å². The van der Waals surface area contributed by atoms with Gasteiger partial charge < -0.3 is 42.4 Å². The number of carbonyl (C=O) groups is 6. The van der Waals surface area contributed by atoms with E-state index in [1.54, 1.807) is 43.0 Å². The third-order valence-corrected chi connectivity index (χ3v) is 7.91. The van der Waals surface area contributed by atoms with Crippen molar-refractivity contribution in [3.63, 3.8) is 0 Å². The zero-order valence-corrected chi connectivity index (χ0v) is 27.8. The Morgan fingerprint density at radius 2 is 1.71 bits per heavy atom. The van der Waals surface area contributed by atoms with E-state index in [1.165, 1.54) is 7.11 Å². The number of likely N-dealkylation sites (tertiary alicyclic amines) is 1. The van der Waals surface area contributed by atoms with Crippen LogP contribution in [0.25, 0.3) is 10.4 Å². The number of methoxy groups -OCH3 is 1. The second kappa shape index (κ2) is 20.4. The van der Waals surface area contributed by atoms with Crippen molar-refractivity contribution in [2.45, 2.75) is 76.9 Å². The Labute approximate surface area is 279 Å². The molecule has 0 bridgehead atoms. The van der Waals surface area contributed by atoms with Gasteiger partial charge in [0.15, 0.2) is 0 Å². The lowest BCUT2D eigenvalue weighted by atomic mass is 9.96. The number of piperidine rings is 1. The molecule has 264 valence electrons. The van der Waals surface area contributed by atoms with Crippen LogP contribution in [-0.4, -0.2) is 91.9 Å². The van der Waals surface area contributed by atoms with E-state index in [1.807, 2.05) is 0 Å². The molecule has 48 heavy (non-hydrogen) atoms. The van der Waals surface area contributed by atoms with Gasteiger partial charge in [-0.3, -0.25) is 24.0 Å². The van der Waals surface area contributed by atoms with Crippen molar-refractivity contribution in [3.8, 4) is 0 Å². The van der Waals surface area contributed by atoms with Crippen molar-refractivity contribution in [3.05, 3.63) is 40.3 Å². The molecule has 1 heterocycles. The number of ether oxygens (including phenoxy) is 1. The lowest BCUT2D eigenvalue weighted by Crippen LogP contribution is -2.54. The van der Waals surface area contributed by atoms with E-state index in [0.717, 1.165) is 5.56 Å². The van der Waals surface area contributed by atoms with Crippen LogP contribution in [0.2, 0.25) is 0 Å². The second-order valence-electron chi connectivity index (χ2n) is 12.0. The maximum absolute atomic E-state index is 13.4. The van der Waals surface area contributed by atoms with Gasteiger partial charge in [0.2, 0.25) is 23.6 Å². The molecule has 0 radical (unpaired) electrons. The van der Waals surface area contributed by atoms with Gasteiger partial charge >= 0.3 is 12.0 Å². The fourth-order valence-electron chi connectivity index (χ4n) is 5.20. The number of nitrogens with zero attached hydrogens (tertiary/aromatic N) is 4. The number of benzene rings is 1. The minimum atomic E-state index is -1.02. The number of primary amides is 1. The number of nitrogens with one attached hydrogen (secondary N) is 4. The third-order valence-electron chi connectivity index (χ3n) is 7.91. The molecule has 2 rings (SSSR count). The SMILES string of the molecule is COC(=O)C1CCN(C(=O)CCC(=O)N[C@H](C(=O)N[C@@H](CCCNC(N)=O)C(=O)Nc2ccc(C[C@H](N)CN=[N+]=[N-])cc2)C(C)C)CC1. The van der Waals surface area contributed by atoms with Gasteiger partial charge in [-0.1, -0.05) is 31.1 Å². The van der Waals surface area contributed by atoms with E-state index in [-0.39, 0.29) is 62.1 Å².